The molecule has 0 radical (unpaired) electrons. The lowest BCUT2D eigenvalue weighted by molar-refractivity contribution is 0.0703. The third-order valence-electron chi connectivity index (χ3n) is 2.29. The number of aromatic carboxylic acids is 1. The van der Waals surface area contributed by atoms with Crippen molar-refractivity contribution in [3.63, 3.8) is 0 Å². The van der Waals surface area contributed by atoms with E-state index in [1.54, 1.807) is 0 Å². The monoisotopic (exact) mass is 244 g/mol. The molecule has 0 fully saturated rings. The number of hydrogen-bond acceptors (Lipinski definition) is 4. The van der Waals surface area contributed by atoms with Crippen LogP contribution in [0.25, 0.3) is 10.4 Å². The van der Waals surface area contributed by atoms with Crippen LogP contribution in [0.1, 0.15) is 15.2 Å². The Morgan fingerprint density at radius 2 is 2.00 bits per heavy atom. The summed E-state index contributed by atoms with van der Waals surface area (Å²) in [5.41, 5.74) is 6.74. The second-order valence-corrected chi connectivity index (χ2v) is 4.35. The van der Waals surface area contributed by atoms with E-state index in [4.69, 9.17) is 16.1 Å². The third-order valence-corrected chi connectivity index (χ3v) is 3.53. The number of anilines is 1. The lowest BCUT2D eigenvalue weighted by atomic mass is 10.1. The zero-order valence-electron chi connectivity index (χ0n) is 8.68. The highest BCUT2D eigenvalue weighted by atomic mass is 32.1. The molecule has 0 spiro atoms. The topological polar surface area (TPSA) is 87.1 Å². The summed E-state index contributed by atoms with van der Waals surface area (Å²) in [6, 6.07) is 11.1. The molecule has 1 heterocycles. The van der Waals surface area contributed by atoms with Crippen molar-refractivity contribution < 1.29 is 9.90 Å². The number of hydrogen-bond donors (Lipinski definition) is 2. The van der Waals surface area contributed by atoms with Crippen molar-refractivity contribution in [2.45, 2.75) is 0 Å². The zero-order chi connectivity index (χ0) is 12.4. The van der Waals surface area contributed by atoms with Crippen molar-refractivity contribution in [1.82, 2.24) is 0 Å². The van der Waals surface area contributed by atoms with Gasteiger partial charge in [-0.15, -0.1) is 11.3 Å². The molecule has 2 aromatic rings. The van der Waals surface area contributed by atoms with Gasteiger partial charge in [0.25, 0.3) is 0 Å². The van der Waals surface area contributed by atoms with Gasteiger partial charge in [0.15, 0.2) is 0 Å². The van der Waals surface area contributed by atoms with Gasteiger partial charge in [0, 0.05) is 0 Å². The van der Waals surface area contributed by atoms with E-state index in [0.29, 0.717) is 4.88 Å². The molecule has 0 atom stereocenters. The quantitative estimate of drug-likeness (QED) is 0.849. The van der Waals surface area contributed by atoms with E-state index in [1.165, 1.54) is 0 Å². The minimum atomic E-state index is -1.11. The van der Waals surface area contributed by atoms with Gasteiger partial charge in [-0.05, 0) is 5.56 Å². The number of carbonyl (C=O) groups is 1. The summed E-state index contributed by atoms with van der Waals surface area (Å²) in [5.74, 6) is -1.11. The van der Waals surface area contributed by atoms with Gasteiger partial charge >= 0.3 is 5.97 Å². The molecule has 0 saturated carbocycles. The summed E-state index contributed by atoms with van der Waals surface area (Å²) in [6.45, 7) is 0. The highest BCUT2D eigenvalue weighted by Gasteiger charge is 2.20. The van der Waals surface area contributed by atoms with Gasteiger partial charge in [-0.3, -0.25) is 0 Å². The van der Waals surface area contributed by atoms with Crippen LogP contribution < -0.4 is 5.73 Å². The predicted octanol–water partition coefficient (Wildman–Crippen LogP) is 2.57. The molecule has 2 rings (SSSR count). The molecule has 84 valence electrons. The summed E-state index contributed by atoms with van der Waals surface area (Å²) in [5, 5.41) is 18.0. The number of benzene rings is 1. The van der Waals surface area contributed by atoms with Crippen molar-refractivity contribution in [2.75, 3.05) is 5.73 Å². The van der Waals surface area contributed by atoms with E-state index >= 15 is 0 Å². The largest absolute Gasteiger partial charge is 0.477 e. The molecule has 0 aliphatic carbocycles. The maximum Gasteiger partial charge on any atom is 0.348 e. The highest BCUT2D eigenvalue weighted by molar-refractivity contribution is 7.18. The fourth-order valence-electron chi connectivity index (χ4n) is 1.51. The molecule has 0 saturated heterocycles. The third kappa shape index (κ3) is 1.86. The summed E-state index contributed by atoms with van der Waals surface area (Å²) in [6.07, 6.45) is 0. The van der Waals surface area contributed by atoms with E-state index in [1.807, 2.05) is 36.4 Å². The van der Waals surface area contributed by atoms with Crippen LogP contribution in [0.3, 0.4) is 0 Å². The highest BCUT2D eigenvalue weighted by Crippen LogP contribution is 2.37. The lowest BCUT2D eigenvalue weighted by Gasteiger charge is -1.96. The van der Waals surface area contributed by atoms with Gasteiger partial charge < -0.3 is 10.8 Å². The van der Waals surface area contributed by atoms with Gasteiger partial charge in [-0.1, -0.05) is 30.3 Å². The maximum absolute atomic E-state index is 11.0. The summed E-state index contributed by atoms with van der Waals surface area (Å²) < 4.78 is 0. The van der Waals surface area contributed by atoms with Crippen molar-refractivity contribution in [3.05, 3.63) is 40.8 Å². The van der Waals surface area contributed by atoms with Crippen LogP contribution in [0.2, 0.25) is 0 Å². The van der Waals surface area contributed by atoms with Crippen LogP contribution in [0, 0.1) is 11.3 Å². The first-order chi connectivity index (χ1) is 8.15. The SMILES string of the molecule is N#Cc1c(-c2ccccc2)sc(C(=O)O)c1N. The molecule has 1 aromatic carbocycles. The molecule has 0 unspecified atom stereocenters. The first-order valence-corrected chi connectivity index (χ1v) is 5.58. The van der Waals surface area contributed by atoms with Gasteiger partial charge in [0.1, 0.15) is 10.9 Å². The van der Waals surface area contributed by atoms with E-state index in [-0.39, 0.29) is 16.1 Å². The summed E-state index contributed by atoms with van der Waals surface area (Å²) >= 11 is 1.02. The number of nitrogens with zero attached hydrogens (tertiary/aromatic N) is 1. The average molecular weight is 244 g/mol. The van der Waals surface area contributed by atoms with Gasteiger partial charge in [0.2, 0.25) is 0 Å². The van der Waals surface area contributed by atoms with Gasteiger partial charge in [-0.25, -0.2) is 4.79 Å². The molecule has 5 heteroatoms. The molecule has 4 nitrogen and oxygen atoms in total. The van der Waals surface area contributed by atoms with Crippen LogP contribution in [0.5, 0.6) is 0 Å². The maximum atomic E-state index is 11.0. The predicted molar refractivity (Wildman–Crippen MR) is 65.8 cm³/mol. The number of nitriles is 1. The second-order valence-electron chi connectivity index (χ2n) is 3.33. The van der Waals surface area contributed by atoms with Crippen LogP contribution in [0.15, 0.2) is 30.3 Å². The molecule has 1 aromatic heterocycles. The molecule has 0 aliphatic rings. The van der Waals surface area contributed by atoms with Gasteiger partial charge in [0.05, 0.1) is 16.1 Å². The first-order valence-electron chi connectivity index (χ1n) is 4.76. The number of nitrogen functional groups attached to an aromatic ring is 1. The number of nitrogens with two attached hydrogens (primary N) is 1. The molecular formula is C12H8N2O2S. The minimum Gasteiger partial charge on any atom is -0.477 e. The molecule has 0 amide bonds. The van der Waals surface area contributed by atoms with E-state index in [9.17, 15) is 4.79 Å². The Labute approximate surface area is 102 Å². The number of rotatable bonds is 2. The Morgan fingerprint density at radius 1 is 1.35 bits per heavy atom. The Hall–Kier alpha value is -2.32. The van der Waals surface area contributed by atoms with Crippen LogP contribution >= 0.6 is 11.3 Å². The molecule has 0 aliphatic heterocycles. The van der Waals surface area contributed by atoms with Crippen molar-refractivity contribution in [2.24, 2.45) is 0 Å². The smallest absolute Gasteiger partial charge is 0.348 e. The minimum absolute atomic E-state index is 0.0143. The number of thiophene rings is 1. The van der Waals surface area contributed by atoms with E-state index < -0.39 is 5.97 Å². The Balaban J connectivity index is 2.68. The van der Waals surface area contributed by atoms with Gasteiger partial charge in [-0.2, -0.15) is 5.26 Å². The number of carboxylic acids is 1. The molecule has 3 N–H and O–H groups in total. The van der Waals surface area contributed by atoms with E-state index in [2.05, 4.69) is 0 Å². The fourth-order valence-corrected chi connectivity index (χ4v) is 2.52. The van der Waals surface area contributed by atoms with Crippen molar-refractivity contribution >= 4 is 23.0 Å². The van der Waals surface area contributed by atoms with Crippen molar-refractivity contribution in [3.8, 4) is 16.5 Å². The Morgan fingerprint density at radius 3 is 2.53 bits per heavy atom. The molecule has 17 heavy (non-hydrogen) atoms. The van der Waals surface area contributed by atoms with Crippen LogP contribution in [-0.4, -0.2) is 11.1 Å². The fraction of sp³-hybridized carbons (Fsp3) is 0. The standard InChI is InChI=1S/C12H8N2O2S/c13-6-8-9(14)11(12(15)16)17-10(8)7-4-2-1-3-5-7/h1-5H,14H2,(H,15,16). The van der Waals surface area contributed by atoms with Crippen LogP contribution in [-0.2, 0) is 0 Å². The zero-order valence-corrected chi connectivity index (χ0v) is 9.49. The Kier molecular flexibility index (Phi) is 2.81. The average Bonchev–Trinajstić information content (AvgIpc) is 2.67. The normalized spacial score (nSPS) is 9.82. The second kappa shape index (κ2) is 4.28. The summed E-state index contributed by atoms with van der Waals surface area (Å²) in [7, 11) is 0. The van der Waals surface area contributed by atoms with E-state index in [0.717, 1.165) is 16.9 Å². The first kappa shape index (κ1) is 11.2. The Bertz CT molecular complexity index is 611. The summed E-state index contributed by atoms with van der Waals surface area (Å²) in [4.78, 5) is 11.6. The molecule has 0 bridgehead atoms. The lowest BCUT2D eigenvalue weighted by Crippen LogP contribution is -1.98. The van der Waals surface area contributed by atoms with Crippen LogP contribution in [0.4, 0.5) is 5.69 Å². The molecular weight excluding hydrogens is 236 g/mol. The number of carboxylic acid groups (broad SMARTS) is 1. The van der Waals surface area contributed by atoms with Crippen molar-refractivity contribution in [1.29, 1.82) is 5.26 Å².